The molecule has 4 rings (SSSR count). The molecule has 0 unspecified atom stereocenters. The molecule has 0 spiro atoms. The van der Waals surface area contributed by atoms with Gasteiger partial charge in [-0.05, 0) is 12.1 Å². The Morgan fingerprint density at radius 1 is 1.19 bits per heavy atom. The second-order valence-corrected chi connectivity index (χ2v) is 6.38. The van der Waals surface area contributed by atoms with Gasteiger partial charge in [0.15, 0.2) is 17.0 Å². The summed E-state index contributed by atoms with van der Waals surface area (Å²) in [4.78, 5) is 19.4. The number of anilines is 2. The van der Waals surface area contributed by atoms with Gasteiger partial charge in [-0.3, -0.25) is 9.55 Å². The zero-order valence-corrected chi connectivity index (χ0v) is 14.6. The van der Waals surface area contributed by atoms with Gasteiger partial charge in [-0.25, -0.2) is 4.98 Å². The van der Waals surface area contributed by atoms with Crippen molar-refractivity contribution in [3.8, 4) is 17.5 Å². The van der Waals surface area contributed by atoms with Crippen LogP contribution in [-0.4, -0.2) is 60.0 Å². The van der Waals surface area contributed by atoms with E-state index in [1.807, 2.05) is 21.6 Å². The van der Waals surface area contributed by atoms with E-state index in [1.54, 1.807) is 18.7 Å². The van der Waals surface area contributed by atoms with Gasteiger partial charge in [0.2, 0.25) is 5.95 Å². The Morgan fingerprint density at radius 3 is 2.63 bits per heavy atom. The third kappa shape index (κ3) is 3.28. The van der Waals surface area contributed by atoms with E-state index in [1.165, 1.54) is 0 Å². The quantitative estimate of drug-likeness (QED) is 0.547. The topological polar surface area (TPSA) is 126 Å². The second kappa shape index (κ2) is 6.83. The van der Waals surface area contributed by atoms with Crippen molar-refractivity contribution in [3.05, 3.63) is 30.9 Å². The Bertz CT molecular complexity index is 1010. The monoisotopic (exact) mass is 365 g/mol. The summed E-state index contributed by atoms with van der Waals surface area (Å²) >= 11 is 0. The fourth-order valence-electron chi connectivity index (χ4n) is 3.15. The van der Waals surface area contributed by atoms with Crippen LogP contribution in [0.3, 0.4) is 0 Å². The zero-order valence-electron chi connectivity index (χ0n) is 14.6. The van der Waals surface area contributed by atoms with Gasteiger partial charge in [0, 0.05) is 38.3 Å². The summed E-state index contributed by atoms with van der Waals surface area (Å²) in [5, 5.41) is 19.3. The fraction of sp³-hybridized carbons (Fsp3) is 0.333. The number of nitrogens with two attached hydrogens (primary N) is 1. The van der Waals surface area contributed by atoms with E-state index in [0.29, 0.717) is 48.9 Å². The van der Waals surface area contributed by atoms with Crippen LogP contribution in [0.4, 0.5) is 11.8 Å². The van der Waals surface area contributed by atoms with Crippen LogP contribution in [0, 0.1) is 11.8 Å². The first-order valence-corrected chi connectivity index (χ1v) is 8.59. The molecule has 27 heavy (non-hydrogen) atoms. The van der Waals surface area contributed by atoms with Gasteiger partial charge >= 0.3 is 0 Å². The second-order valence-electron chi connectivity index (χ2n) is 6.38. The number of fused-ring (bicyclic) bond motifs is 1. The molecule has 0 saturated carbocycles. The number of hydrogen-bond acceptors (Lipinski definition) is 8. The predicted octanol–water partition coefficient (Wildman–Crippen LogP) is 0.120. The highest BCUT2D eigenvalue weighted by Crippen LogP contribution is 2.27. The molecule has 3 aromatic heterocycles. The minimum absolute atomic E-state index is 0.263. The molecule has 4 N–H and O–H groups in total. The maximum absolute atomic E-state index is 10.5. The zero-order chi connectivity index (χ0) is 18.9. The molecule has 0 aromatic carbocycles. The van der Waals surface area contributed by atoms with Crippen molar-refractivity contribution in [2.75, 3.05) is 30.3 Å². The molecule has 1 saturated heterocycles. The van der Waals surface area contributed by atoms with E-state index >= 15 is 0 Å². The summed E-state index contributed by atoms with van der Waals surface area (Å²) in [6.45, 7) is 0.803. The molecule has 0 bridgehead atoms. The van der Waals surface area contributed by atoms with Crippen molar-refractivity contribution < 1.29 is 10.2 Å². The number of piperidine rings is 1. The molecule has 0 aliphatic carbocycles. The third-order valence-electron chi connectivity index (χ3n) is 4.63. The number of hydrogen-bond donors (Lipinski definition) is 3. The minimum Gasteiger partial charge on any atom is -0.384 e. The van der Waals surface area contributed by atoms with Crippen LogP contribution >= 0.6 is 0 Å². The van der Waals surface area contributed by atoms with E-state index < -0.39 is 5.60 Å². The first-order valence-electron chi connectivity index (χ1n) is 8.59. The van der Waals surface area contributed by atoms with E-state index in [9.17, 15) is 5.11 Å². The van der Waals surface area contributed by atoms with Gasteiger partial charge in [0.25, 0.3) is 0 Å². The summed E-state index contributed by atoms with van der Waals surface area (Å²) in [5.74, 6) is 6.07. The van der Waals surface area contributed by atoms with Crippen LogP contribution in [0.1, 0.15) is 12.8 Å². The van der Waals surface area contributed by atoms with E-state index in [-0.39, 0.29) is 6.61 Å². The van der Waals surface area contributed by atoms with Crippen molar-refractivity contribution in [3.63, 3.8) is 0 Å². The number of nitrogens with zero attached hydrogens (tertiary/aromatic N) is 6. The molecule has 3 aromatic rings. The van der Waals surface area contributed by atoms with Crippen LogP contribution < -0.4 is 10.6 Å². The average Bonchev–Trinajstić information content (AvgIpc) is 3.12. The molecular formula is C18H19N7O2. The third-order valence-corrected chi connectivity index (χ3v) is 4.63. The van der Waals surface area contributed by atoms with Crippen molar-refractivity contribution in [1.29, 1.82) is 0 Å². The lowest BCUT2D eigenvalue weighted by atomic mass is 9.92. The Labute approximate surface area is 155 Å². The maximum Gasteiger partial charge on any atom is 0.229 e. The van der Waals surface area contributed by atoms with Gasteiger partial charge in [-0.2, -0.15) is 9.97 Å². The molecule has 9 heteroatoms. The molecule has 1 aliphatic heterocycles. The SMILES string of the molecule is Nc1nc(N2CCC(O)(C#CCO)CC2)nc2c1ncn2-c1ccncc1. The van der Waals surface area contributed by atoms with E-state index in [0.717, 1.165) is 5.69 Å². The van der Waals surface area contributed by atoms with Crippen LogP contribution in [0.5, 0.6) is 0 Å². The predicted molar refractivity (Wildman–Crippen MR) is 100 cm³/mol. The van der Waals surface area contributed by atoms with Gasteiger partial charge in [0.1, 0.15) is 18.5 Å². The Morgan fingerprint density at radius 2 is 1.93 bits per heavy atom. The molecule has 1 fully saturated rings. The molecular weight excluding hydrogens is 346 g/mol. The van der Waals surface area contributed by atoms with Gasteiger partial charge in [0.05, 0.1) is 5.69 Å². The molecule has 9 nitrogen and oxygen atoms in total. The Kier molecular flexibility index (Phi) is 4.35. The summed E-state index contributed by atoms with van der Waals surface area (Å²) in [6.07, 6.45) is 5.93. The smallest absolute Gasteiger partial charge is 0.229 e. The largest absolute Gasteiger partial charge is 0.384 e. The standard InChI is InChI=1S/C18H19N7O2/c19-15-14-16(25(12-21-14)13-2-7-20-8-3-13)23-17(22-15)24-9-5-18(27,6-10-24)4-1-11-26/h2-3,7-8,12,26-27H,5-6,9-11H2,(H2,19,22,23). The normalized spacial score (nSPS) is 16.1. The number of rotatable bonds is 2. The lowest BCUT2D eigenvalue weighted by Crippen LogP contribution is -2.44. The lowest BCUT2D eigenvalue weighted by Gasteiger charge is -2.35. The van der Waals surface area contributed by atoms with Gasteiger partial charge < -0.3 is 20.8 Å². The average molecular weight is 365 g/mol. The molecule has 138 valence electrons. The molecule has 0 atom stereocenters. The van der Waals surface area contributed by atoms with E-state index in [4.69, 9.17) is 10.8 Å². The summed E-state index contributed by atoms with van der Waals surface area (Å²) in [6, 6.07) is 3.72. The highest BCUT2D eigenvalue weighted by atomic mass is 16.3. The molecule has 0 radical (unpaired) electrons. The van der Waals surface area contributed by atoms with Gasteiger partial charge in [-0.1, -0.05) is 11.8 Å². The Hall–Kier alpha value is -3.22. The number of imidazole rings is 1. The Balaban J connectivity index is 1.66. The molecule has 4 heterocycles. The number of aliphatic hydroxyl groups is 2. The highest BCUT2D eigenvalue weighted by molar-refractivity contribution is 5.84. The number of pyridine rings is 1. The summed E-state index contributed by atoms with van der Waals surface area (Å²) in [7, 11) is 0. The maximum atomic E-state index is 10.5. The first kappa shape index (κ1) is 17.2. The number of aliphatic hydroxyl groups excluding tert-OH is 1. The van der Waals surface area contributed by atoms with E-state index in [2.05, 4.69) is 31.8 Å². The van der Waals surface area contributed by atoms with Crippen molar-refractivity contribution in [2.45, 2.75) is 18.4 Å². The van der Waals surface area contributed by atoms with Crippen LogP contribution in [0.15, 0.2) is 30.9 Å². The highest BCUT2D eigenvalue weighted by Gasteiger charge is 2.32. The summed E-state index contributed by atoms with van der Waals surface area (Å²) < 4.78 is 1.84. The number of nitrogen functional groups attached to an aromatic ring is 1. The van der Waals surface area contributed by atoms with Gasteiger partial charge in [-0.15, -0.1) is 0 Å². The fourth-order valence-corrected chi connectivity index (χ4v) is 3.15. The van der Waals surface area contributed by atoms with Crippen LogP contribution in [0.2, 0.25) is 0 Å². The van der Waals surface area contributed by atoms with Crippen molar-refractivity contribution in [1.82, 2.24) is 24.5 Å². The first-order chi connectivity index (χ1) is 13.1. The lowest BCUT2D eigenvalue weighted by molar-refractivity contribution is 0.0740. The van der Waals surface area contributed by atoms with Crippen molar-refractivity contribution in [2.24, 2.45) is 0 Å². The van der Waals surface area contributed by atoms with Crippen LogP contribution in [-0.2, 0) is 0 Å². The number of aromatic nitrogens is 5. The molecule has 0 amide bonds. The van der Waals surface area contributed by atoms with Crippen molar-refractivity contribution >= 4 is 22.9 Å². The summed E-state index contributed by atoms with van der Waals surface area (Å²) in [5.41, 5.74) is 7.05. The minimum atomic E-state index is -1.09. The molecule has 1 aliphatic rings. The van der Waals surface area contributed by atoms with Crippen LogP contribution in [0.25, 0.3) is 16.9 Å².